The minimum absolute atomic E-state index is 0.0201. The molecule has 41 heavy (non-hydrogen) atoms. The molecular formula is C33H37N3O5. The van der Waals surface area contributed by atoms with E-state index in [1.807, 2.05) is 31.2 Å². The number of hydrogen-bond donors (Lipinski definition) is 3. The Morgan fingerprint density at radius 3 is 2.66 bits per heavy atom. The third-order valence-corrected chi connectivity index (χ3v) is 10.8. The van der Waals surface area contributed by atoms with E-state index in [2.05, 4.69) is 41.9 Å². The summed E-state index contributed by atoms with van der Waals surface area (Å²) in [5.41, 5.74) is 2.59. The first-order valence-corrected chi connectivity index (χ1v) is 15.0. The van der Waals surface area contributed by atoms with Gasteiger partial charge in [-0.15, -0.1) is 0 Å². The molecular weight excluding hydrogens is 518 g/mol. The number of benzene rings is 1. The van der Waals surface area contributed by atoms with Crippen LogP contribution >= 0.6 is 0 Å². The van der Waals surface area contributed by atoms with Gasteiger partial charge < -0.3 is 20.4 Å². The molecule has 3 amide bonds. The van der Waals surface area contributed by atoms with Crippen LogP contribution in [0.15, 0.2) is 34.8 Å². The van der Waals surface area contributed by atoms with Crippen molar-refractivity contribution < 1.29 is 23.6 Å². The zero-order valence-corrected chi connectivity index (χ0v) is 23.8. The Balaban J connectivity index is 1.18. The van der Waals surface area contributed by atoms with Crippen LogP contribution in [0.5, 0.6) is 0 Å². The number of hydrogen-bond acceptors (Lipinski definition) is 5. The van der Waals surface area contributed by atoms with Crippen molar-refractivity contribution in [3.63, 3.8) is 0 Å². The summed E-state index contributed by atoms with van der Waals surface area (Å²) in [6.07, 6.45) is 8.20. The number of ketones is 2. The average molecular weight is 556 g/mol. The van der Waals surface area contributed by atoms with Crippen LogP contribution in [0.2, 0.25) is 0 Å². The SMILES string of the molecule is Cc1ccc2c(c1)CCC(C(C)CC1(c3cc4c(o3)C=CC3C4CCC34NC(=O)CC4=O)NC(=O)NC1C)CC2=O. The first-order valence-electron chi connectivity index (χ1n) is 15.0. The number of fused-ring (bicyclic) bond motifs is 5. The van der Waals surface area contributed by atoms with Gasteiger partial charge in [0.1, 0.15) is 22.6 Å². The smallest absolute Gasteiger partial charge is 0.315 e. The molecule has 8 nitrogen and oxygen atoms in total. The van der Waals surface area contributed by atoms with Gasteiger partial charge in [0.2, 0.25) is 5.91 Å². The molecule has 7 rings (SSSR count). The lowest BCUT2D eigenvalue weighted by Crippen LogP contribution is -2.50. The van der Waals surface area contributed by atoms with Gasteiger partial charge >= 0.3 is 6.03 Å². The van der Waals surface area contributed by atoms with Gasteiger partial charge in [-0.25, -0.2) is 4.79 Å². The number of furan rings is 1. The summed E-state index contributed by atoms with van der Waals surface area (Å²) in [4.78, 5) is 51.0. The fourth-order valence-electron chi connectivity index (χ4n) is 8.53. The molecule has 2 aromatic rings. The highest BCUT2D eigenvalue weighted by atomic mass is 16.3. The lowest BCUT2D eigenvalue weighted by molar-refractivity contribution is -0.123. The van der Waals surface area contributed by atoms with Gasteiger partial charge in [0.15, 0.2) is 11.6 Å². The number of carbonyl (C=O) groups excluding carboxylic acids is 4. The molecule has 1 spiro atoms. The molecule has 3 fully saturated rings. The van der Waals surface area contributed by atoms with Crippen molar-refractivity contribution in [1.29, 1.82) is 0 Å². The van der Waals surface area contributed by atoms with Crippen molar-refractivity contribution in [3.05, 3.63) is 64.1 Å². The van der Waals surface area contributed by atoms with Crippen LogP contribution < -0.4 is 16.0 Å². The molecule has 0 radical (unpaired) electrons. The van der Waals surface area contributed by atoms with Crippen molar-refractivity contribution in [2.75, 3.05) is 0 Å². The summed E-state index contributed by atoms with van der Waals surface area (Å²) in [6, 6.07) is 7.73. The highest BCUT2D eigenvalue weighted by molar-refractivity contribution is 6.11. The zero-order chi connectivity index (χ0) is 28.7. The number of nitrogens with one attached hydrogen (secondary N) is 3. The van der Waals surface area contributed by atoms with Crippen molar-refractivity contribution in [3.8, 4) is 0 Å². The van der Waals surface area contributed by atoms with E-state index in [4.69, 9.17) is 4.42 Å². The second-order valence-corrected chi connectivity index (χ2v) is 13.1. The minimum Gasteiger partial charge on any atom is -0.459 e. The normalized spacial score (nSPS) is 34.5. The van der Waals surface area contributed by atoms with E-state index in [0.29, 0.717) is 25.0 Å². The molecule has 2 saturated heterocycles. The molecule has 2 aliphatic heterocycles. The predicted octanol–water partition coefficient (Wildman–Crippen LogP) is 4.69. The summed E-state index contributed by atoms with van der Waals surface area (Å²) in [6.45, 7) is 6.25. The van der Waals surface area contributed by atoms with E-state index < -0.39 is 11.1 Å². The van der Waals surface area contributed by atoms with E-state index in [1.165, 1.54) is 5.56 Å². The number of Topliss-reactive ketones (excluding diaryl/α,β-unsaturated/α-hetero) is 2. The average Bonchev–Trinajstić information content (AvgIpc) is 3.63. The van der Waals surface area contributed by atoms with E-state index in [0.717, 1.165) is 41.7 Å². The fraction of sp³-hybridized carbons (Fsp3) is 0.515. The van der Waals surface area contributed by atoms with E-state index >= 15 is 0 Å². The van der Waals surface area contributed by atoms with Gasteiger partial charge in [0, 0.05) is 23.5 Å². The number of amides is 3. The Bertz CT molecular complexity index is 1520. The molecule has 214 valence electrons. The third-order valence-electron chi connectivity index (χ3n) is 10.8. The molecule has 3 N–H and O–H groups in total. The topological polar surface area (TPSA) is 118 Å². The quantitative estimate of drug-likeness (QED) is 0.374. The molecule has 7 unspecified atom stereocenters. The van der Waals surface area contributed by atoms with Gasteiger partial charge in [-0.1, -0.05) is 36.8 Å². The van der Waals surface area contributed by atoms with Crippen molar-refractivity contribution >= 4 is 29.6 Å². The first-order chi connectivity index (χ1) is 19.6. The van der Waals surface area contributed by atoms with Gasteiger partial charge in [-0.2, -0.15) is 0 Å². The molecule has 3 aliphatic carbocycles. The van der Waals surface area contributed by atoms with Gasteiger partial charge in [-0.3, -0.25) is 14.4 Å². The Morgan fingerprint density at radius 2 is 1.93 bits per heavy atom. The van der Waals surface area contributed by atoms with Crippen molar-refractivity contribution in [1.82, 2.24) is 16.0 Å². The van der Waals surface area contributed by atoms with E-state index in [-0.39, 0.29) is 59.6 Å². The van der Waals surface area contributed by atoms with Crippen LogP contribution in [0.3, 0.4) is 0 Å². The van der Waals surface area contributed by atoms with Crippen LogP contribution in [0.4, 0.5) is 4.79 Å². The zero-order valence-electron chi connectivity index (χ0n) is 23.8. The molecule has 5 aliphatic rings. The van der Waals surface area contributed by atoms with Crippen LogP contribution in [0, 0.1) is 24.7 Å². The molecule has 7 atom stereocenters. The number of carbonyl (C=O) groups is 4. The first kappa shape index (κ1) is 26.2. The summed E-state index contributed by atoms with van der Waals surface area (Å²) in [5, 5.41) is 9.27. The van der Waals surface area contributed by atoms with Crippen molar-refractivity contribution in [2.24, 2.45) is 17.8 Å². The monoisotopic (exact) mass is 555 g/mol. The Labute approximate surface area is 239 Å². The second kappa shape index (κ2) is 9.16. The molecule has 3 heterocycles. The maximum atomic E-state index is 13.3. The van der Waals surface area contributed by atoms with Crippen LogP contribution in [-0.2, 0) is 21.5 Å². The van der Waals surface area contributed by atoms with Crippen LogP contribution in [0.25, 0.3) is 6.08 Å². The van der Waals surface area contributed by atoms with Crippen LogP contribution in [-0.4, -0.2) is 35.1 Å². The molecule has 8 heteroatoms. The summed E-state index contributed by atoms with van der Waals surface area (Å²) in [7, 11) is 0. The molecule has 1 saturated carbocycles. The highest BCUT2D eigenvalue weighted by Crippen LogP contribution is 2.54. The molecule has 1 aromatic heterocycles. The maximum absolute atomic E-state index is 13.3. The summed E-state index contributed by atoms with van der Waals surface area (Å²) in [5.74, 6) is 1.71. The van der Waals surface area contributed by atoms with E-state index in [9.17, 15) is 19.2 Å². The van der Waals surface area contributed by atoms with Crippen molar-refractivity contribution in [2.45, 2.75) is 88.8 Å². The number of rotatable bonds is 4. The summed E-state index contributed by atoms with van der Waals surface area (Å²) < 4.78 is 6.54. The lowest BCUT2D eigenvalue weighted by atomic mass is 9.74. The van der Waals surface area contributed by atoms with Crippen LogP contribution in [0.1, 0.15) is 96.9 Å². The standard InChI is InChI=1S/C33H37N3O5/c1-17-4-7-22-21(12-17)6-5-20(13-26(22)37)18(2)16-33(19(3)34-31(40)36-33)29-14-24-23-10-11-32(28(38)15-30(39)35-32)25(23)8-9-27(24)41-29/h4,7-9,12,14,18-20,23,25H,5-6,10-11,13,15-16H2,1-3H3,(H,35,39)(H2,34,36,40). The Kier molecular flexibility index (Phi) is 5.86. The number of urea groups is 1. The summed E-state index contributed by atoms with van der Waals surface area (Å²) >= 11 is 0. The molecule has 0 bridgehead atoms. The number of aryl methyl sites for hydroxylation is 2. The third kappa shape index (κ3) is 3.93. The minimum atomic E-state index is -0.821. The van der Waals surface area contributed by atoms with Gasteiger partial charge in [-0.05, 0) is 81.4 Å². The largest absolute Gasteiger partial charge is 0.459 e. The predicted molar refractivity (Wildman–Crippen MR) is 152 cm³/mol. The lowest BCUT2D eigenvalue weighted by Gasteiger charge is -2.35. The van der Waals surface area contributed by atoms with Gasteiger partial charge in [0.25, 0.3) is 0 Å². The Morgan fingerprint density at radius 1 is 1.10 bits per heavy atom. The molecule has 1 aromatic carbocycles. The fourth-order valence-corrected chi connectivity index (χ4v) is 8.53. The van der Waals surface area contributed by atoms with Gasteiger partial charge in [0.05, 0.1) is 12.5 Å². The van der Waals surface area contributed by atoms with E-state index in [1.54, 1.807) is 0 Å². The second-order valence-electron chi connectivity index (χ2n) is 13.1. The highest BCUT2D eigenvalue weighted by Gasteiger charge is 2.58. The maximum Gasteiger partial charge on any atom is 0.315 e. The Hall–Kier alpha value is -3.68.